The number of carbonyl (C=O) groups is 1. The molecule has 0 saturated carbocycles. The van der Waals surface area contributed by atoms with E-state index in [9.17, 15) is 4.79 Å². The first-order valence-electron chi connectivity index (χ1n) is 5.87. The third kappa shape index (κ3) is 3.73. The van der Waals surface area contributed by atoms with Gasteiger partial charge in [0.15, 0.2) is 0 Å². The number of hydrogen-bond donors (Lipinski definition) is 0. The van der Waals surface area contributed by atoms with E-state index < -0.39 is 0 Å². The van der Waals surface area contributed by atoms with Crippen molar-refractivity contribution in [1.82, 2.24) is 4.90 Å². The standard InChI is InChI=1S/C12H23NO2/c1-5-15-11(14)13-8-6-7-10(13)9-12(2,3)4/h10H,5-9H2,1-4H3/t10-/m0/s1. The molecule has 1 atom stereocenters. The van der Waals surface area contributed by atoms with Gasteiger partial charge in [-0.2, -0.15) is 0 Å². The van der Waals surface area contributed by atoms with Crippen LogP contribution in [0.25, 0.3) is 0 Å². The maximum Gasteiger partial charge on any atom is 0.409 e. The molecule has 0 N–H and O–H groups in total. The Hall–Kier alpha value is -0.730. The minimum absolute atomic E-state index is 0.135. The predicted octanol–water partition coefficient (Wildman–Crippen LogP) is 3.04. The summed E-state index contributed by atoms with van der Waals surface area (Å²) >= 11 is 0. The second-order valence-electron chi connectivity index (χ2n) is 5.45. The van der Waals surface area contributed by atoms with Gasteiger partial charge in [-0.15, -0.1) is 0 Å². The summed E-state index contributed by atoms with van der Waals surface area (Å²) in [6.45, 7) is 9.84. The van der Waals surface area contributed by atoms with Crippen LogP contribution in [-0.4, -0.2) is 30.2 Å². The molecule has 1 heterocycles. The summed E-state index contributed by atoms with van der Waals surface area (Å²) in [6, 6.07) is 0.379. The minimum atomic E-state index is -0.135. The first-order chi connectivity index (χ1) is 6.94. The topological polar surface area (TPSA) is 29.5 Å². The molecule has 0 radical (unpaired) electrons. The van der Waals surface area contributed by atoms with Crippen molar-refractivity contribution in [3.05, 3.63) is 0 Å². The molecule has 88 valence electrons. The highest BCUT2D eigenvalue weighted by atomic mass is 16.6. The molecule has 0 aromatic carbocycles. The molecule has 0 unspecified atom stereocenters. The number of ether oxygens (including phenoxy) is 1. The van der Waals surface area contributed by atoms with Gasteiger partial charge in [-0.25, -0.2) is 4.79 Å². The van der Waals surface area contributed by atoms with E-state index in [1.165, 1.54) is 0 Å². The minimum Gasteiger partial charge on any atom is -0.450 e. The lowest BCUT2D eigenvalue weighted by molar-refractivity contribution is 0.0948. The molecule has 1 rings (SSSR count). The van der Waals surface area contributed by atoms with Gasteiger partial charge in [-0.1, -0.05) is 20.8 Å². The predicted molar refractivity (Wildman–Crippen MR) is 60.8 cm³/mol. The van der Waals surface area contributed by atoms with Gasteiger partial charge < -0.3 is 9.64 Å². The van der Waals surface area contributed by atoms with Gasteiger partial charge in [0.05, 0.1) is 6.61 Å². The fourth-order valence-electron chi connectivity index (χ4n) is 2.20. The average molecular weight is 213 g/mol. The summed E-state index contributed by atoms with van der Waals surface area (Å²) in [5, 5.41) is 0. The van der Waals surface area contributed by atoms with Crippen molar-refractivity contribution >= 4 is 6.09 Å². The summed E-state index contributed by atoms with van der Waals surface area (Å²) in [5.41, 5.74) is 0.278. The summed E-state index contributed by atoms with van der Waals surface area (Å²) in [7, 11) is 0. The fraction of sp³-hybridized carbons (Fsp3) is 0.917. The maximum atomic E-state index is 11.6. The van der Waals surface area contributed by atoms with Gasteiger partial charge in [0.1, 0.15) is 0 Å². The van der Waals surface area contributed by atoms with Crippen LogP contribution in [0.2, 0.25) is 0 Å². The van der Waals surface area contributed by atoms with Crippen molar-refractivity contribution in [2.75, 3.05) is 13.2 Å². The molecular formula is C12H23NO2. The number of likely N-dealkylation sites (tertiary alicyclic amines) is 1. The Morgan fingerprint density at radius 1 is 1.47 bits per heavy atom. The second kappa shape index (κ2) is 4.86. The maximum absolute atomic E-state index is 11.6. The quantitative estimate of drug-likeness (QED) is 0.705. The Balaban J connectivity index is 2.53. The molecule has 1 amide bonds. The molecular weight excluding hydrogens is 190 g/mol. The number of amides is 1. The first-order valence-corrected chi connectivity index (χ1v) is 5.87. The molecule has 0 aromatic rings. The van der Waals surface area contributed by atoms with Crippen LogP contribution in [0.4, 0.5) is 4.79 Å². The van der Waals surface area contributed by atoms with Crippen LogP contribution >= 0.6 is 0 Å². The third-order valence-electron chi connectivity index (χ3n) is 2.73. The first kappa shape index (κ1) is 12.3. The van der Waals surface area contributed by atoms with Gasteiger partial charge in [0, 0.05) is 12.6 Å². The van der Waals surface area contributed by atoms with Crippen molar-refractivity contribution in [2.24, 2.45) is 5.41 Å². The molecule has 1 aliphatic heterocycles. The van der Waals surface area contributed by atoms with Crippen LogP contribution in [0.3, 0.4) is 0 Å². The van der Waals surface area contributed by atoms with Gasteiger partial charge >= 0.3 is 6.09 Å². The van der Waals surface area contributed by atoms with Crippen LogP contribution in [0.15, 0.2) is 0 Å². The second-order valence-corrected chi connectivity index (χ2v) is 5.45. The Morgan fingerprint density at radius 2 is 2.13 bits per heavy atom. The lowest BCUT2D eigenvalue weighted by atomic mass is 9.87. The zero-order chi connectivity index (χ0) is 11.5. The zero-order valence-corrected chi connectivity index (χ0v) is 10.4. The summed E-state index contributed by atoms with van der Waals surface area (Å²) in [6.07, 6.45) is 3.16. The number of carbonyl (C=O) groups excluding carboxylic acids is 1. The van der Waals surface area contributed by atoms with Crippen LogP contribution in [0, 0.1) is 5.41 Å². The van der Waals surface area contributed by atoms with E-state index in [0.717, 1.165) is 25.8 Å². The van der Waals surface area contributed by atoms with E-state index >= 15 is 0 Å². The molecule has 0 aliphatic carbocycles. The van der Waals surface area contributed by atoms with Crippen LogP contribution in [0.5, 0.6) is 0 Å². The van der Waals surface area contributed by atoms with Crippen LogP contribution < -0.4 is 0 Å². The molecule has 0 aromatic heterocycles. The highest BCUT2D eigenvalue weighted by molar-refractivity contribution is 5.68. The molecule has 1 aliphatic rings. The van der Waals surface area contributed by atoms with Gasteiger partial charge in [-0.3, -0.25) is 0 Å². The molecule has 3 heteroatoms. The normalized spacial score (nSPS) is 21.9. The lowest BCUT2D eigenvalue weighted by Crippen LogP contribution is -2.38. The Bertz CT molecular complexity index is 220. The Morgan fingerprint density at radius 3 is 2.67 bits per heavy atom. The lowest BCUT2D eigenvalue weighted by Gasteiger charge is -2.29. The number of hydrogen-bond acceptors (Lipinski definition) is 2. The largest absolute Gasteiger partial charge is 0.450 e. The molecule has 1 saturated heterocycles. The van der Waals surface area contributed by atoms with Gasteiger partial charge in [-0.05, 0) is 31.6 Å². The van der Waals surface area contributed by atoms with Gasteiger partial charge in [0.2, 0.25) is 0 Å². The average Bonchev–Trinajstić information content (AvgIpc) is 2.49. The van der Waals surface area contributed by atoms with E-state index in [-0.39, 0.29) is 11.5 Å². The van der Waals surface area contributed by atoms with Crippen LogP contribution in [0.1, 0.15) is 47.0 Å². The third-order valence-corrected chi connectivity index (χ3v) is 2.73. The zero-order valence-electron chi connectivity index (χ0n) is 10.4. The highest BCUT2D eigenvalue weighted by Crippen LogP contribution is 2.30. The van der Waals surface area contributed by atoms with Crippen molar-refractivity contribution in [2.45, 2.75) is 53.0 Å². The highest BCUT2D eigenvalue weighted by Gasteiger charge is 2.32. The van der Waals surface area contributed by atoms with E-state index in [1.54, 1.807) is 0 Å². The SMILES string of the molecule is CCOC(=O)N1CCC[C@H]1CC(C)(C)C. The van der Waals surface area contributed by atoms with E-state index in [1.807, 2.05) is 11.8 Å². The van der Waals surface area contributed by atoms with E-state index in [4.69, 9.17) is 4.74 Å². The fourth-order valence-corrected chi connectivity index (χ4v) is 2.20. The van der Waals surface area contributed by atoms with Crippen molar-refractivity contribution < 1.29 is 9.53 Å². The van der Waals surface area contributed by atoms with E-state index in [2.05, 4.69) is 20.8 Å². The number of rotatable bonds is 2. The smallest absolute Gasteiger partial charge is 0.409 e. The molecule has 3 nitrogen and oxygen atoms in total. The van der Waals surface area contributed by atoms with Crippen molar-refractivity contribution in [3.63, 3.8) is 0 Å². The van der Waals surface area contributed by atoms with Crippen molar-refractivity contribution in [3.8, 4) is 0 Å². The van der Waals surface area contributed by atoms with Crippen LogP contribution in [-0.2, 0) is 4.74 Å². The molecule has 15 heavy (non-hydrogen) atoms. The molecule has 1 fully saturated rings. The van der Waals surface area contributed by atoms with E-state index in [0.29, 0.717) is 12.6 Å². The van der Waals surface area contributed by atoms with Crippen molar-refractivity contribution in [1.29, 1.82) is 0 Å². The summed E-state index contributed by atoms with van der Waals surface area (Å²) in [4.78, 5) is 13.5. The molecule has 0 spiro atoms. The van der Waals surface area contributed by atoms with Gasteiger partial charge in [0.25, 0.3) is 0 Å². The Labute approximate surface area is 92.8 Å². The Kier molecular flexibility index (Phi) is 4.00. The number of nitrogens with zero attached hydrogens (tertiary/aromatic N) is 1. The monoisotopic (exact) mass is 213 g/mol. The summed E-state index contributed by atoms with van der Waals surface area (Å²) in [5.74, 6) is 0. The summed E-state index contributed by atoms with van der Waals surface area (Å²) < 4.78 is 5.06. The molecule has 0 bridgehead atoms.